The van der Waals surface area contributed by atoms with Gasteiger partial charge in [-0.15, -0.1) is 0 Å². The molecule has 0 unspecified atom stereocenters. The number of nitrogens with one attached hydrogen (secondary N) is 3. The van der Waals surface area contributed by atoms with Crippen LogP contribution >= 0.6 is 0 Å². The second-order valence-corrected chi connectivity index (χ2v) is 17.4. The number of anilines is 1. The maximum absolute atomic E-state index is 13.0. The van der Waals surface area contributed by atoms with Crippen molar-refractivity contribution in [2.45, 2.75) is 75.4 Å². The monoisotopic (exact) mass is 1100 g/mol. The van der Waals surface area contributed by atoms with Crippen LogP contribution in [-0.2, 0) is 82.5 Å². The van der Waals surface area contributed by atoms with Crippen LogP contribution in [0.25, 0.3) is 0 Å². The summed E-state index contributed by atoms with van der Waals surface area (Å²) in [6, 6.07) is 4.20. The van der Waals surface area contributed by atoms with E-state index in [-0.39, 0.29) is 43.3 Å². The lowest BCUT2D eigenvalue weighted by molar-refractivity contribution is -0.277. The molecule has 0 saturated carbocycles. The molecule has 1 aromatic rings. The number of amides is 3. The highest BCUT2D eigenvalue weighted by molar-refractivity contribution is 5.93. The summed E-state index contributed by atoms with van der Waals surface area (Å²) >= 11 is 0. The molecule has 1 saturated heterocycles. The van der Waals surface area contributed by atoms with E-state index in [0.29, 0.717) is 178 Å². The Bertz CT molecular complexity index is 1590. The zero-order valence-electron chi connectivity index (χ0n) is 45.1. The number of rotatable bonds is 51. The van der Waals surface area contributed by atoms with Gasteiger partial charge in [-0.3, -0.25) is 14.4 Å². The van der Waals surface area contributed by atoms with Gasteiger partial charge in [0.1, 0.15) is 30.2 Å². The van der Waals surface area contributed by atoms with Gasteiger partial charge in [-0.25, -0.2) is 0 Å². The first kappa shape index (κ1) is 68.8. The molecule has 0 aliphatic carbocycles. The Morgan fingerprint density at radius 3 is 1.50 bits per heavy atom. The van der Waals surface area contributed by atoms with E-state index in [1.807, 2.05) is 19.0 Å². The van der Waals surface area contributed by atoms with E-state index in [2.05, 4.69) is 16.0 Å². The number of ether oxygens (including phenoxy) is 14. The predicted octanol–water partition coefficient (Wildman–Crippen LogP) is -1.80. The van der Waals surface area contributed by atoms with Crippen LogP contribution in [0.5, 0.6) is 5.75 Å². The van der Waals surface area contributed by atoms with Gasteiger partial charge in [-0.05, 0) is 51.1 Å². The summed E-state index contributed by atoms with van der Waals surface area (Å²) in [6.07, 6.45) is -5.79. The Labute approximate surface area is 447 Å². The summed E-state index contributed by atoms with van der Waals surface area (Å²) in [5, 5.41) is 48.6. The van der Waals surface area contributed by atoms with Crippen LogP contribution in [0.4, 0.5) is 5.69 Å². The number of methoxy groups -OCH3 is 1. The Morgan fingerprint density at radius 1 is 0.592 bits per heavy atom. The van der Waals surface area contributed by atoms with E-state index in [4.69, 9.17) is 72.0 Å². The summed E-state index contributed by atoms with van der Waals surface area (Å²) in [5.41, 5.74) is 7.15. The molecule has 2 rings (SSSR count). The Balaban J connectivity index is 1.34. The van der Waals surface area contributed by atoms with Crippen molar-refractivity contribution >= 4 is 23.4 Å². The molecule has 1 aromatic carbocycles. The topological polar surface area (TPSA) is 327 Å². The second kappa shape index (κ2) is 46.6. The molecule has 26 nitrogen and oxygen atoms in total. The molecular formula is C50H91N5O21. The Kier molecular flexibility index (Phi) is 42.1. The summed E-state index contributed by atoms with van der Waals surface area (Å²) in [4.78, 5) is 39.7. The van der Waals surface area contributed by atoms with E-state index < -0.39 is 55.2 Å². The number of aliphatic hydroxyl groups is 4. The fraction of sp³-hybridized carbons (Fsp3) is 0.820. The molecule has 1 fully saturated rings. The average Bonchev–Trinajstić information content (AvgIpc) is 3.40. The predicted molar refractivity (Wildman–Crippen MR) is 275 cm³/mol. The molecule has 9 N–H and O–H groups in total. The van der Waals surface area contributed by atoms with Crippen LogP contribution in [0.1, 0.15) is 37.7 Å². The summed E-state index contributed by atoms with van der Waals surface area (Å²) < 4.78 is 76.3. The van der Waals surface area contributed by atoms with E-state index in [1.165, 1.54) is 0 Å². The molecule has 1 aliphatic rings. The zero-order valence-corrected chi connectivity index (χ0v) is 45.1. The van der Waals surface area contributed by atoms with E-state index in [0.717, 1.165) is 5.56 Å². The molecule has 0 bridgehead atoms. The van der Waals surface area contributed by atoms with Gasteiger partial charge in [-0.2, -0.15) is 0 Å². The lowest BCUT2D eigenvalue weighted by Gasteiger charge is -2.39. The van der Waals surface area contributed by atoms with Gasteiger partial charge in [0.05, 0.1) is 170 Å². The van der Waals surface area contributed by atoms with Crippen LogP contribution in [0.2, 0.25) is 0 Å². The van der Waals surface area contributed by atoms with Crippen LogP contribution < -0.4 is 26.4 Å². The molecule has 1 aliphatic heterocycles. The first-order valence-corrected chi connectivity index (χ1v) is 26.2. The highest BCUT2D eigenvalue weighted by Crippen LogP contribution is 2.31. The fourth-order valence-electron chi connectivity index (χ4n) is 6.72. The average molecular weight is 1100 g/mol. The number of carbonyl (C=O) groups is 3. The summed E-state index contributed by atoms with van der Waals surface area (Å²) in [5.74, 6) is -0.910. The van der Waals surface area contributed by atoms with Crippen molar-refractivity contribution in [3.63, 3.8) is 0 Å². The van der Waals surface area contributed by atoms with Crippen LogP contribution in [0.15, 0.2) is 18.2 Å². The third-order valence-corrected chi connectivity index (χ3v) is 10.8. The number of unbranched alkanes of at least 4 members (excludes halogenated alkanes) is 1. The van der Waals surface area contributed by atoms with Gasteiger partial charge >= 0.3 is 0 Å². The Morgan fingerprint density at radius 2 is 1.05 bits per heavy atom. The van der Waals surface area contributed by atoms with E-state index in [9.17, 15) is 34.8 Å². The van der Waals surface area contributed by atoms with Gasteiger partial charge < -0.3 is 113 Å². The number of benzene rings is 1. The lowest BCUT2D eigenvalue weighted by Crippen LogP contribution is -2.60. The summed E-state index contributed by atoms with van der Waals surface area (Å²) in [6.45, 7) is 10.9. The first-order chi connectivity index (χ1) is 37.0. The van der Waals surface area contributed by atoms with Crippen molar-refractivity contribution in [1.29, 1.82) is 0 Å². The lowest BCUT2D eigenvalue weighted by atomic mass is 9.99. The molecule has 76 heavy (non-hydrogen) atoms. The van der Waals surface area contributed by atoms with Crippen LogP contribution in [0.3, 0.4) is 0 Å². The molecule has 0 radical (unpaired) electrons. The molecule has 442 valence electrons. The minimum Gasteiger partial charge on any atom is -0.460 e. The molecule has 0 aromatic heterocycles. The smallest absolute Gasteiger partial charge is 0.236 e. The highest BCUT2D eigenvalue weighted by atomic mass is 16.7. The molecule has 26 heteroatoms. The highest BCUT2D eigenvalue weighted by Gasteiger charge is 2.45. The number of carbonyl (C=O) groups excluding carboxylic acids is 3. The van der Waals surface area contributed by atoms with E-state index in [1.54, 1.807) is 25.3 Å². The molecule has 1 heterocycles. The summed E-state index contributed by atoms with van der Waals surface area (Å²) in [7, 11) is 5.39. The second-order valence-electron chi connectivity index (χ2n) is 17.4. The SMILES string of the molecule is COCCOCCOCCOCCOCCOCCOCCOCCOCCOCCOCCOCCC(=O)NCCCC[C@H](N)C(=O)NCCC(=O)Nc1cc(CN(C)C)ccc1O[C@H]1O[C@H](CO)[C@@H](O)[C@H](O)[C@@H]1O. The van der Waals surface area contributed by atoms with Gasteiger partial charge in [-0.1, -0.05) is 6.07 Å². The van der Waals surface area contributed by atoms with Crippen LogP contribution in [-0.4, -0.2) is 273 Å². The maximum Gasteiger partial charge on any atom is 0.236 e. The van der Waals surface area contributed by atoms with Crippen molar-refractivity contribution in [3.05, 3.63) is 23.8 Å². The van der Waals surface area contributed by atoms with E-state index >= 15 is 0 Å². The van der Waals surface area contributed by atoms with Crippen molar-refractivity contribution < 1.29 is 101 Å². The Hall–Kier alpha value is -3.33. The number of hydrogen-bond donors (Lipinski definition) is 8. The molecule has 6 atom stereocenters. The normalized spacial score (nSPS) is 18.0. The van der Waals surface area contributed by atoms with Gasteiger partial charge in [0, 0.05) is 39.6 Å². The number of hydrogen-bond acceptors (Lipinski definition) is 23. The minimum absolute atomic E-state index is 0.00647. The van der Waals surface area contributed by atoms with Gasteiger partial charge in [0.15, 0.2) is 0 Å². The number of nitrogens with zero attached hydrogens (tertiary/aromatic N) is 1. The van der Waals surface area contributed by atoms with Crippen molar-refractivity contribution in [2.24, 2.45) is 5.73 Å². The largest absolute Gasteiger partial charge is 0.460 e. The standard InChI is InChI=1S/C50H91N5O21/c1-55(2)37-39-7-8-42(75-50-48(61)47(60)46(59)43(38-56)76-50)41(36-39)54-45(58)9-12-53-49(62)40(51)6-4-5-11-52-44(57)10-13-64-16-17-66-20-21-68-24-25-70-28-29-72-32-33-74-35-34-73-31-30-71-27-26-69-23-22-67-19-18-65-15-14-63-3/h7-8,36,40,43,46-48,50,56,59-61H,4-6,9-35,37-38,51H2,1-3H3,(H,52,57)(H,53,62)(H,54,58)/t40-,43+,46+,47-,48-,50-/m0/s1. The van der Waals surface area contributed by atoms with Crippen molar-refractivity contribution in [1.82, 2.24) is 15.5 Å². The zero-order chi connectivity index (χ0) is 55.3. The van der Waals surface area contributed by atoms with Crippen molar-refractivity contribution in [2.75, 3.05) is 198 Å². The van der Waals surface area contributed by atoms with Crippen molar-refractivity contribution in [3.8, 4) is 5.75 Å². The first-order valence-electron chi connectivity index (χ1n) is 26.2. The van der Waals surface area contributed by atoms with Crippen LogP contribution in [0, 0.1) is 0 Å². The molecular weight excluding hydrogens is 1010 g/mol. The fourth-order valence-corrected chi connectivity index (χ4v) is 6.72. The number of aliphatic hydroxyl groups excluding tert-OH is 4. The molecule has 0 spiro atoms. The third-order valence-electron chi connectivity index (χ3n) is 10.8. The van der Waals surface area contributed by atoms with Gasteiger partial charge in [0.2, 0.25) is 24.0 Å². The quantitative estimate of drug-likeness (QED) is 0.0334. The maximum atomic E-state index is 13.0. The van der Waals surface area contributed by atoms with Gasteiger partial charge in [0.25, 0.3) is 0 Å². The molecule has 3 amide bonds. The minimum atomic E-state index is -1.64. The third kappa shape index (κ3) is 35.2. The number of nitrogens with two attached hydrogens (primary N) is 1.